The second-order valence-electron chi connectivity index (χ2n) is 5.20. The summed E-state index contributed by atoms with van der Waals surface area (Å²) < 4.78 is 13.2. The molecule has 0 saturated carbocycles. The van der Waals surface area contributed by atoms with Crippen LogP contribution in [0.4, 0.5) is 4.39 Å². The van der Waals surface area contributed by atoms with Crippen molar-refractivity contribution >= 4 is 11.6 Å². The predicted molar refractivity (Wildman–Crippen MR) is 85.1 cm³/mol. The molecule has 0 radical (unpaired) electrons. The minimum absolute atomic E-state index is 0.0767. The van der Waals surface area contributed by atoms with Gasteiger partial charge in [-0.25, -0.2) is 4.39 Å². The number of benzene rings is 1. The van der Waals surface area contributed by atoms with Crippen LogP contribution in [0.15, 0.2) is 36.5 Å². The van der Waals surface area contributed by atoms with Crippen molar-refractivity contribution in [2.45, 2.75) is 32.7 Å². The number of nitrogens with one attached hydrogen (secondary N) is 1. The Balaban J connectivity index is 2.23. The van der Waals surface area contributed by atoms with E-state index >= 15 is 0 Å². The molecular formula is C17H20ClFN2. The van der Waals surface area contributed by atoms with Gasteiger partial charge in [0.25, 0.3) is 0 Å². The Bertz CT molecular complexity index is 601. The van der Waals surface area contributed by atoms with Gasteiger partial charge in [0.05, 0.1) is 11.7 Å². The number of halogens is 2. The Kier molecular flexibility index (Phi) is 5.71. The molecule has 0 fully saturated rings. The molecule has 1 aromatic carbocycles. The lowest BCUT2D eigenvalue weighted by molar-refractivity contribution is 0.517. The number of nitrogens with zero attached hydrogens (tertiary/aromatic N) is 1. The van der Waals surface area contributed by atoms with Gasteiger partial charge in [0.15, 0.2) is 0 Å². The van der Waals surface area contributed by atoms with E-state index in [0.717, 1.165) is 24.2 Å². The third kappa shape index (κ3) is 4.51. The van der Waals surface area contributed by atoms with Crippen LogP contribution in [0.3, 0.4) is 0 Å². The van der Waals surface area contributed by atoms with E-state index in [1.165, 1.54) is 17.7 Å². The zero-order chi connectivity index (χ0) is 15.2. The van der Waals surface area contributed by atoms with Gasteiger partial charge in [0.1, 0.15) is 5.82 Å². The smallest absolute Gasteiger partial charge is 0.124 e. The molecule has 1 unspecified atom stereocenters. The standard InChI is InChI=1S/C17H20ClFN2/c1-3-7-20-17(16-9-12(2)6-8-21-16)10-13-4-5-14(19)11-15(13)18/h4-6,8-9,11,17,20H,3,7,10H2,1-2H3. The monoisotopic (exact) mass is 306 g/mol. The van der Waals surface area contributed by atoms with Gasteiger partial charge in [0.2, 0.25) is 0 Å². The van der Waals surface area contributed by atoms with Crippen molar-refractivity contribution in [2.75, 3.05) is 6.54 Å². The van der Waals surface area contributed by atoms with Crippen LogP contribution in [-0.4, -0.2) is 11.5 Å². The van der Waals surface area contributed by atoms with E-state index in [9.17, 15) is 4.39 Å². The fourth-order valence-corrected chi connectivity index (χ4v) is 2.50. The summed E-state index contributed by atoms with van der Waals surface area (Å²) in [5.74, 6) is -0.310. The maximum atomic E-state index is 13.2. The summed E-state index contributed by atoms with van der Waals surface area (Å²) >= 11 is 6.14. The number of aromatic nitrogens is 1. The molecule has 0 saturated heterocycles. The fraction of sp³-hybridized carbons (Fsp3) is 0.353. The van der Waals surface area contributed by atoms with Crippen LogP contribution in [-0.2, 0) is 6.42 Å². The topological polar surface area (TPSA) is 24.9 Å². The lowest BCUT2D eigenvalue weighted by Crippen LogP contribution is -2.25. The highest BCUT2D eigenvalue weighted by Crippen LogP contribution is 2.24. The molecular weight excluding hydrogens is 287 g/mol. The molecule has 21 heavy (non-hydrogen) atoms. The summed E-state index contributed by atoms with van der Waals surface area (Å²) in [5, 5.41) is 3.95. The molecule has 1 N–H and O–H groups in total. The van der Waals surface area contributed by atoms with Crippen LogP contribution >= 0.6 is 11.6 Å². The average molecular weight is 307 g/mol. The van der Waals surface area contributed by atoms with Gasteiger partial charge in [-0.15, -0.1) is 0 Å². The quantitative estimate of drug-likeness (QED) is 0.852. The largest absolute Gasteiger partial charge is 0.308 e. The molecule has 2 nitrogen and oxygen atoms in total. The summed E-state index contributed by atoms with van der Waals surface area (Å²) in [7, 11) is 0. The Labute approximate surface area is 130 Å². The highest BCUT2D eigenvalue weighted by atomic mass is 35.5. The molecule has 112 valence electrons. The SMILES string of the molecule is CCCNC(Cc1ccc(F)cc1Cl)c1cc(C)ccn1. The molecule has 1 aromatic heterocycles. The van der Waals surface area contributed by atoms with Crippen LogP contribution in [0.2, 0.25) is 5.02 Å². The van der Waals surface area contributed by atoms with E-state index in [0.29, 0.717) is 11.4 Å². The molecule has 1 atom stereocenters. The molecule has 0 aliphatic rings. The molecule has 0 aliphatic heterocycles. The molecule has 0 amide bonds. The fourth-order valence-electron chi connectivity index (χ4n) is 2.26. The van der Waals surface area contributed by atoms with Gasteiger partial charge in [-0.05, 0) is 61.7 Å². The summed E-state index contributed by atoms with van der Waals surface area (Å²) in [4.78, 5) is 4.46. The summed E-state index contributed by atoms with van der Waals surface area (Å²) in [5.41, 5.74) is 3.09. The Morgan fingerprint density at radius 2 is 2.10 bits per heavy atom. The van der Waals surface area contributed by atoms with Gasteiger partial charge < -0.3 is 5.32 Å². The molecule has 4 heteroatoms. The highest BCUT2D eigenvalue weighted by molar-refractivity contribution is 6.31. The normalized spacial score (nSPS) is 12.4. The van der Waals surface area contributed by atoms with Crippen molar-refractivity contribution in [3.8, 4) is 0 Å². The molecule has 0 aliphatic carbocycles. The lowest BCUT2D eigenvalue weighted by atomic mass is 10.0. The first kappa shape index (κ1) is 15.9. The van der Waals surface area contributed by atoms with Crippen molar-refractivity contribution in [3.05, 3.63) is 64.2 Å². The third-order valence-corrected chi connectivity index (χ3v) is 3.73. The summed E-state index contributed by atoms with van der Waals surface area (Å²) in [6.45, 7) is 5.07. The molecule has 1 heterocycles. The van der Waals surface area contributed by atoms with E-state index in [2.05, 4.69) is 23.3 Å². The van der Waals surface area contributed by atoms with Gasteiger partial charge in [-0.2, -0.15) is 0 Å². The maximum Gasteiger partial charge on any atom is 0.124 e. The number of hydrogen-bond acceptors (Lipinski definition) is 2. The Morgan fingerprint density at radius 3 is 2.76 bits per heavy atom. The maximum absolute atomic E-state index is 13.2. The minimum Gasteiger partial charge on any atom is -0.308 e. The average Bonchev–Trinajstić information content (AvgIpc) is 2.45. The van der Waals surface area contributed by atoms with Crippen molar-refractivity contribution in [1.29, 1.82) is 0 Å². The van der Waals surface area contributed by atoms with E-state index in [4.69, 9.17) is 11.6 Å². The zero-order valence-electron chi connectivity index (χ0n) is 12.4. The first-order valence-electron chi connectivity index (χ1n) is 7.20. The number of rotatable bonds is 6. The Hall–Kier alpha value is -1.45. The Morgan fingerprint density at radius 1 is 1.29 bits per heavy atom. The van der Waals surface area contributed by atoms with Crippen LogP contribution in [0.25, 0.3) is 0 Å². The third-order valence-electron chi connectivity index (χ3n) is 3.37. The molecule has 0 bridgehead atoms. The molecule has 2 rings (SSSR count). The molecule has 2 aromatic rings. The van der Waals surface area contributed by atoms with Crippen molar-refractivity contribution < 1.29 is 4.39 Å². The van der Waals surface area contributed by atoms with Gasteiger partial charge in [0, 0.05) is 11.2 Å². The number of pyridine rings is 1. The van der Waals surface area contributed by atoms with Crippen LogP contribution in [0.1, 0.15) is 36.2 Å². The van der Waals surface area contributed by atoms with Crippen molar-refractivity contribution in [3.63, 3.8) is 0 Å². The van der Waals surface area contributed by atoms with Crippen molar-refractivity contribution in [2.24, 2.45) is 0 Å². The number of hydrogen-bond donors (Lipinski definition) is 1. The minimum atomic E-state index is -0.310. The van der Waals surface area contributed by atoms with Gasteiger partial charge in [-0.3, -0.25) is 4.98 Å². The van der Waals surface area contributed by atoms with Crippen LogP contribution in [0.5, 0.6) is 0 Å². The second kappa shape index (κ2) is 7.53. The van der Waals surface area contributed by atoms with Crippen LogP contribution in [0, 0.1) is 12.7 Å². The highest BCUT2D eigenvalue weighted by Gasteiger charge is 2.15. The number of aryl methyl sites for hydroxylation is 1. The lowest BCUT2D eigenvalue weighted by Gasteiger charge is -2.19. The first-order chi connectivity index (χ1) is 10.1. The van der Waals surface area contributed by atoms with Gasteiger partial charge >= 0.3 is 0 Å². The second-order valence-corrected chi connectivity index (χ2v) is 5.61. The van der Waals surface area contributed by atoms with E-state index < -0.39 is 0 Å². The molecule has 0 spiro atoms. The van der Waals surface area contributed by atoms with E-state index in [1.54, 1.807) is 6.07 Å². The van der Waals surface area contributed by atoms with Crippen LogP contribution < -0.4 is 5.32 Å². The van der Waals surface area contributed by atoms with E-state index in [1.807, 2.05) is 19.2 Å². The predicted octanol–water partition coefficient (Wildman–Crippen LogP) is 4.47. The summed E-state index contributed by atoms with van der Waals surface area (Å²) in [6, 6.07) is 8.68. The van der Waals surface area contributed by atoms with Crippen molar-refractivity contribution in [1.82, 2.24) is 10.3 Å². The zero-order valence-corrected chi connectivity index (χ0v) is 13.1. The van der Waals surface area contributed by atoms with Gasteiger partial charge in [-0.1, -0.05) is 24.6 Å². The summed E-state index contributed by atoms with van der Waals surface area (Å²) in [6.07, 6.45) is 3.55. The van der Waals surface area contributed by atoms with E-state index in [-0.39, 0.29) is 11.9 Å². The first-order valence-corrected chi connectivity index (χ1v) is 7.57.